The largest absolute Gasteiger partial charge is 0.481 e. The van der Waals surface area contributed by atoms with Crippen LogP contribution in [-0.2, 0) is 46.3 Å². The van der Waals surface area contributed by atoms with Gasteiger partial charge in [0.25, 0.3) is 0 Å². The molecule has 1 saturated heterocycles. The molecule has 400 valence electrons. The van der Waals surface area contributed by atoms with E-state index in [0.29, 0.717) is 32.1 Å². The van der Waals surface area contributed by atoms with Crippen molar-refractivity contribution in [1.82, 2.24) is 9.55 Å². The van der Waals surface area contributed by atoms with Gasteiger partial charge in [0, 0.05) is 19.0 Å². The number of ether oxygens (including phenoxy) is 3. The first-order chi connectivity index (χ1) is 33.5. The van der Waals surface area contributed by atoms with Crippen LogP contribution in [0.4, 0.5) is 5.82 Å². The Morgan fingerprint density at radius 3 is 2.14 bits per heavy atom. The average Bonchev–Trinajstić information content (AvgIpc) is 3.59. The van der Waals surface area contributed by atoms with E-state index in [2.05, 4.69) is 36.1 Å². The van der Waals surface area contributed by atoms with Gasteiger partial charge in [-0.3, -0.25) is 23.2 Å². The van der Waals surface area contributed by atoms with Crippen LogP contribution in [0.1, 0.15) is 168 Å². The molecular formula is C49H83N3O16P2. The molecule has 70 heavy (non-hydrogen) atoms. The van der Waals surface area contributed by atoms with Crippen molar-refractivity contribution in [1.29, 1.82) is 0 Å². The molecule has 0 saturated carbocycles. The number of allylic oxidation sites excluding steroid dienone is 6. The molecular weight excluding hydrogens is 948 g/mol. The SMILES string of the molecule is CCCCC/C=C\C[C@@H](O)/C=C/C=C\C/C=C\CCCC(=O)OC[C@H](COP(=O)(O)OP(=O)(O)OC[C@H]1O[C@@H](n2ccc(N)nc2=O)[C@H](O)[C@@H]1O)OC(=O)CCCCCCCCCCCCC(C)CC. The molecule has 1 aliphatic heterocycles. The Bertz CT molecular complexity index is 1890. The monoisotopic (exact) mass is 1030 g/mol. The van der Waals surface area contributed by atoms with Gasteiger partial charge in [0.05, 0.1) is 19.3 Å². The Labute approximate surface area is 414 Å². The number of hydrogen-bond acceptors (Lipinski definition) is 16. The van der Waals surface area contributed by atoms with E-state index >= 15 is 0 Å². The van der Waals surface area contributed by atoms with Gasteiger partial charge in [0.15, 0.2) is 12.3 Å². The first kappa shape index (κ1) is 62.8. The van der Waals surface area contributed by atoms with Crippen molar-refractivity contribution in [3.8, 4) is 0 Å². The van der Waals surface area contributed by atoms with Crippen molar-refractivity contribution in [3.05, 3.63) is 71.4 Å². The molecule has 0 amide bonds. The molecule has 2 heterocycles. The molecule has 1 aromatic rings. The molecule has 0 aliphatic carbocycles. The van der Waals surface area contributed by atoms with Gasteiger partial charge in [0.1, 0.15) is 30.7 Å². The summed E-state index contributed by atoms with van der Waals surface area (Å²) in [6.07, 6.45) is 28.0. The van der Waals surface area contributed by atoms with Crippen molar-refractivity contribution >= 4 is 33.4 Å². The second-order valence-corrected chi connectivity index (χ2v) is 20.8. The number of anilines is 1. The van der Waals surface area contributed by atoms with Crippen LogP contribution in [-0.4, -0.2) is 96.9 Å². The van der Waals surface area contributed by atoms with Crippen LogP contribution in [0, 0.1) is 5.92 Å². The lowest BCUT2D eigenvalue weighted by molar-refractivity contribution is -0.161. The summed E-state index contributed by atoms with van der Waals surface area (Å²) in [5.41, 5.74) is 4.58. The van der Waals surface area contributed by atoms with Crippen molar-refractivity contribution in [2.75, 3.05) is 25.6 Å². The predicted octanol–water partition coefficient (Wildman–Crippen LogP) is 8.99. The number of aliphatic hydroxyl groups excluding tert-OH is 3. The predicted molar refractivity (Wildman–Crippen MR) is 267 cm³/mol. The Balaban J connectivity index is 1.85. The second-order valence-electron chi connectivity index (χ2n) is 17.8. The van der Waals surface area contributed by atoms with Gasteiger partial charge < -0.3 is 45.1 Å². The number of carbonyl (C=O) groups excluding carboxylic acids is 2. The summed E-state index contributed by atoms with van der Waals surface area (Å²) < 4.78 is 56.6. The minimum Gasteiger partial charge on any atom is -0.462 e. The molecule has 19 nitrogen and oxygen atoms in total. The highest BCUT2D eigenvalue weighted by Gasteiger charge is 2.46. The zero-order chi connectivity index (χ0) is 51.6. The van der Waals surface area contributed by atoms with Crippen LogP contribution in [0.5, 0.6) is 0 Å². The van der Waals surface area contributed by atoms with E-state index in [0.717, 1.165) is 55.2 Å². The molecule has 0 radical (unpaired) electrons. The molecule has 21 heteroatoms. The molecule has 0 spiro atoms. The fraction of sp³-hybridized carbons (Fsp3) is 0.714. The number of nitrogens with zero attached hydrogens (tertiary/aromatic N) is 2. The van der Waals surface area contributed by atoms with Gasteiger partial charge in [-0.1, -0.05) is 153 Å². The Hall–Kier alpha value is -3.32. The highest BCUT2D eigenvalue weighted by molar-refractivity contribution is 7.61. The molecule has 1 aromatic heterocycles. The third kappa shape index (κ3) is 29.3. The van der Waals surface area contributed by atoms with Crippen LogP contribution < -0.4 is 11.4 Å². The first-order valence-electron chi connectivity index (χ1n) is 25.2. The molecule has 0 bridgehead atoms. The summed E-state index contributed by atoms with van der Waals surface area (Å²) in [7, 11) is -10.9. The van der Waals surface area contributed by atoms with Crippen LogP contribution >= 0.6 is 15.6 Å². The maximum Gasteiger partial charge on any atom is 0.481 e. The van der Waals surface area contributed by atoms with E-state index in [9.17, 15) is 48.6 Å². The standard InChI is InChI=1S/C49H83N3O16P2/c1-4-6-7-8-20-25-30-40(53)31-26-21-16-13-14-17-22-27-32-44(54)63-36-41(66-45(55)33-28-23-18-12-10-9-11-15-19-24-29-39(3)5-2)37-64-69(59,60)68-70(61,62)65-38-42-46(56)47(57)48(67-42)52-35-34-43(50)51-49(52)58/h14,16-17,20-21,25-26,31,34-35,39-42,46-48,53,56-57H,4-13,15,18-19,22-24,27-30,32-33,36-38H2,1-3H3,(H,59,60)(H,61,62)(H2,50,51,58)/b17-14-,21-16-,25-20-,31-26+/t39?,40-,41-,42-,46-,47-,48-/m1/s1. The van der Waals surface area contributed by atoms with Gasteiger partial charge in [-0.2, -0.15) is 9.29 Å². The topological polar surface area (TPSA) is 286 Å². The summed E-state index contributed by atoms with van der Waals surface area (Å²) >= 11 is 0. The quantitative estimate of drug-likeness (QED) is 0.0117. The van der Waals surface area contributed by atoms with E-state index in [4.69, 9.17) is 29.0 Å². The lowest BCUT2D eigenvalue weighted by Gasteiger charge is -2.21. The zero-order valence-corrected chi connectivity index (χ0v) is 43.4. The van der Waals surface area contributed by atoms with Gasteiger partial charge in [0.2, 0.25) is 0 Å². The highest BCUT2D eigenvalue weighted by Crippen LogP contribution is 2.60. The van der Waals surface area contributed by atoms with Crippen molar-refractivity contribution in [2.45, 2.75) is 199 Å². The number of phosphoric ester groups is 2. The summed E-state index contributed by atoms with van der Waals surface area (Å²) in [4.78, 5) is 61.8. The normalized spacial score (nSPS) is 20.6. The smallest absolute Gasteiger partial charge is 0.462 e. The average molecular weight is 1030 g/mol. The van der Waals surface area contributed by atoms with Crippen molar-refractivity contribution in [3.63, 3.8) is 0 Å². The molecule has 1 aliphatic rings. The van der Waals surface area contributed by atoms with Gasteiger partial charge in [-0.15, -0.1) is 0 Å². The Kier molecular flexibility index (Phi) is 32.8. The summed E-state index contributed by atoms with van der Waals surface area (Å²) in [6, 6.07) is 1.24. The summed E-state index contributed by atoms with van der Waals surface area (Å²) in [5.74, 6) is -0.617. The number of carbonyl (C=O) groups is 2. The van der Waals surface area contributed by atoms with Crippen molar-refractivity contribution < 1.29 is 71.4 Å². The van der Waals surface area contributed by atoms with Crippen LogP contribution in [0.25, 0.3) is 0 Å². The van der Waals surface area contributed by atoms with Gasteiger partial charge >= 0.3 is 33.3 Å². The highest BCUT2D eigenvalue weighted by atomic mass is 31.3. The molecule has 3 unspecified atom stereocenters. The molecule has 0 aromatic carbocycles. The van der Waals surface area contributed by atoms with E-state index in [1.165, 1.54) is 63.9 Å². The number of hydrogen-bond donors (Lipinski definition) is 6. The van der Waals surface area contributed by atoms with Crippen LogP contribution in [0.2, 0.25) is 0 Å². The lowest BCUT2D eigenvalue weighted by atomic mass is 9.99. The molecule has 9 atom stereocenters. The van der Waals surface area contributed by atoms with Crippen LogP contribution in [0.3, 0.4) is 0 Å². The summed E-state index contributed by atoms with van der Waals surface area (Å²) in [6.45, 7) is 4.30. The number of unbranched alkanes of at least 4 members (excludes halogenated alkanes) is 13. The summed E-state index contributed by atoms with van der Waals surface area (Å²) in [5, 5.41) is 31.0. The van der Waals surface area contributed by atoms with Crippen LogP contribution in [0.15, 0.2) is 65.7 Å². The van der Waals surface area contributed by atoms with E-state index in [1.54, 1.807) is 12.2 Å². The molecule has 7 N–H and O–H groups in total. The number of esters is 2. The number of aliphatic hydroxyl groups is 3. The fourth-order valence-electron chi connectivity index (χ4n) is 7.19. The first-order valence-corrected chi connectivity index (χ1v) is 28.1. The van der Waals surface area contributed by atoms with E-state index in [1.807, 2.05) is 30.4 Å². The van der Waals surface area contributed by atoms with Gasteiger partial charge in [-0.05, 0) is 56.9 Å². The third-order valence-corrected chi connectivity index (χ3v) is 14.1. The lowest BCUT2D eigenvalue weighted by Crippen LogP contribution is -2.36. The fourth-order valence-corrected chi connectivity index (χ4v) is 9.30. The minimum absolute atomic E-state index is 0.0189. The number of nitrogen functional groups attached to an aromatic ring is 1. The number of nitrogens with two attached hydrogens (primary N) is 1. The Morgan fingerprint density at radius 1 is 0.814 bits per heavy atom. The van der Waals surface area contributed by atoms with E-state index in [-0.39, 0.29) is 18.7 Å². The number of rotatable bonds is 40. The molecule has 2 rings (SSSR count). The molecule has 1 fully saturated rings. The zero-order valence-electron chi connectivity index (χ0n) is 41.6. The number of aromatic nitrogens is 2. The Morgan fingerprint density at radius 2 is 1.46 bits per heavy atom. The van der Waals surface area contributed by atoms with Gasteiger partial charge in [-0.25, -0.2) is 13.9 Å². The maximum atomic E-state index is 12.8. The third-order valence-electron chi connectivity index (χ3n) is 11.5. The second kappa shape index (κ2) is 36.6. The van der Waals surface area contributed by atoms with Crippen molar-refractivity contribution in [2.24, 2.45) is 5.92 Å². The maximum absolute atomic E-state index is 12.8. The minimum atomic E-state index is -5.44. The number of phosphoric acid groups is 2. The van der Waals surface area contributed by atoms with E-state index < -0.39 is 89.8 Å².